The number of aromatic nitrogens is 5. The van der Waals surface area contributed by atoms with E-state index in [2.05, 4.69) is 87.4 Å². The number of urea groups is 1. The van der Waals surface area contributed by atoms with Gasteiger partial charge in [0.2, 0.25) is 5.95 Å². The second-order valence-electron chi connectivity index (χ2n) is 15.8. The van der Waals surface area contributed by atoms with Gasteiger partial charge >= 0.3 is 6.03 Å². The number of piperidine rings is 1. The lowest BCUT2D eigenvalue weighted by atomic mass is 9.77. The van der Waals surface area contributed by atoms with E-state index in [1.807, 2.05) is 12.1 Å². The molecule has 13 nitrogen and oxygen atoms in total. The lowest BCUT2D eigenvalue weighted by molar-refractivity contribution is 0.246. The molecule has 5 aromatic rings. The lowest BCUT2D eigenvalue weighted by Gasteiger charge is -2.32. The van der Waals surface area contributed by atoms with Gasteiger partial charge in [0, 0.05) is 43.3 Å². The first-order valence-electron chi connectivity index (χ1n) is 19.4. The number of rotatable bonds is 13. The van der Waals surface area contributed by atoms with E-state index in [0.29, 0.717) is 34.6 Å². The van der Waals surface area contributed by atoms with E-state index in [-0.39, 0.29) is 30.7 Å². The van der Waals surface area contributed by atoms with Crippen LogP contribution in [0.15, 0.2) is 66.9 Å². The first-order chi connectivity index (χ1) is 26.8. The van der Waals surface area contributed by atoms with E-state index in [4.69, 9.17) is 25.6 Å². The molecule has 0 radical (unpaired) electrons. The van der Waals surface area contributed by atoms with Crippen LogP contribution in [0.1, 0.15) is 100 Å². The van der Waals surface area contributed by atoms with Crippen LogP contribution in [-0.4, -0.2) is 71.4 Å². The molecule has 298 valence electrons. The van der Waals surface area contributed by atoms with E-state index >= 15 is 0 Å². The van der Waals surface area contributed by atoms with E-state index in [9.17, 15) is 13.2 Å². The number of aryl methyl sites for hydroxylation is 1. The Labute approximate surface area is 333 Å². The molecule has 7 rings (SSSR count). The standard InChI is InChI=1S/C41H51ClN8O5S/c1-41(2,3)36-26-38(50(47-36)30-17-18-33(42)35(25-30)54-23-10-24-55-56(4,52)53)44-39(51)43-34-19-16-29(31-11-6-7-12-32(31)34)15-13-28-14-20-37-45-46-40(49(37)27-28)48-21-8-5-9-22-48/h6-7,11-12,14,17-18,20,25-27,29,34H,5,8-10,13,15-16,19,21-24H2,1-4H3,(H2,43,44,51)/t29-,34+/m1/s1. The number of fused-ring (bicyclic) bond motifs is 2. The van der Waals surface area contributed by atoms with E-state index in [0.717, 1.165) is 67.9 Å². The number of anilines is 2. The Bertz CT molecular complexity index is 2280. The molecule has 4 heterocycles. The Morgan fingerprint density at radius 1 is 0.964 bits per heavy atom. The van der Waals surface area contributed by atoms with Crippen LogP contribution in [0, 0.1) is 0 Å². The molecule has 1 fully saturated rings. The summed E-state index contributed by atoms with van der Waals surface area (Å²) in [6.45, 7) is 8.43. The van der Waals surface area contributed by atoms with Gasteiger partial charge < -0.3 is 15.0 Å². The molecule has 0 bridgehead atoms. The summed E-state index contributed by atoms with van der Waals surface area (Å²) in [6, 6.07) is 19.4. The molecule has 1 aliphatic carbocycles. The van der Waals surface area contributed by atoms with Gasteiger partial charge in [-0.1, -0.05) is 62.7 Å². The number of ether oxygens (including phenoxy) is 1. The molecule has 2 atom stereocenters. The number of nitrogens with zero attached hydrogens (tertiary/aromatic N) is 6. The minimum Gasteiger partial charge on any atom is -0.492 e. The SMILES string of the molecule is CC(C)(C)c1cc(NC(=O)N[C@H]2CC[C@@H](CCc3ccc4nnc(N5CCCCC5)n4c3)c3ccccc32)n(-c2ccc(Cl)c(OCCCOS(C)(=O)=O)c2)n1. The smallest absolute Gasteiger partial charge is 0.320 e. The first kappa shape index (κ1) is 39.6. The van der Waals surface area contributed by atoms with Gasteiger partial charge in [0.1, 0.15) is 11.6 Å². The van der Waals surface area contributed by atoms with Crippen molar-refractivity contribution >= 4 is 45.2 Å². The molecule has 0 saturated carbocycles. The first-order valence-corrected chi connectivity index (χ1v) is 21.6. The maximum Gasteiger partial charge on any atom is 0.320 e. The van der Waals surface area contributed by atoms with Crippen LogP contribution in [-0.2, 0) is 26.1 Å². The minimum absolute atomic E-state index is 0.000905. The second kappa shape index (κ2) is 16.8. The molecule has 2 N–H and O–H groups in total. The largest absolute Gasteiger partial charge is 0.492 e. The van der Waals surface area contributed by atoms with Crippen molar-refractivity contribution in [3.05, 3.63) is 94.3 Å². The molecule has 2 aromatic carbocycles. The topological polar surface area (TPSA) is 145 Å². The number of hydrogen-bond acceptors (Lipinski definition) is 9. The summed E-state index contributed by atoms with van der Waals surface area (Å²) >= 11 is 6.46. The number of carbonyl (C=O) groups excluding carboxylic acids is 1. The average Bonchev–Trinajstić information content (AvgIpc) is 3.80. The van der Waals surface area contributed by atoms with Gasteiger partial charge in [-0.05, 0) is 85.8 Å². The summed E-state index contributed by atoms with van der Waals surface area (Å²) in [5, 5.41) is 20.5. The Balaban J connectivity index is 1.03. The Hall–Kier alpha value is -4.66. The van der Waals surface area contributed by atoms with Crippen LogP contribution in [0.25, 0.3) is 11.3 Å². The summed E-state index contributed by atoms with van der Waals surface area (Å²) in [5.74, 6) is 2.21. The fourth-order valence-electron chi connectivity index (χ4n) is 7.58. The molecular weight excluding hydrogens is 752 g/mol. The number of amides is 2. The highest BCUT2D eigenvalue weighted by molar-refractivity contribution is 7.85. The molecule has 1 saturated heterocycles. The third-order valence-corrected chi connectivity index (χ3v) is 11.4. The highest BCUT2D eigenvalue weighted by Gasteiger charge is 2.29. The second-order valence-corrected chi connectivity index (χ2v) is 17.9. The number of nitrogens with one attached hydrogen (secondary N) is 2. The Morgan fingerprint density at radius 3 is 2.52 bits per heavy atom. The molecule has 1 aliphatic heterocycles. The van der Waals surface area contributed by atoms with Gasteiger partial charge in [-0.25, -0.2) is 9.48 Å². The highest BCUT2D eigenvalue weighted by Crippen LogP contribution is 2.40. The monoisotopic (exact) mass is 802 g/mol. The van der Waals surface area contributed by atoms with Crippen LogP contribution in [0.2, 0.25) is 5.02 Å². The number of halogens is 1. The van der Waals surface area contributed by atoms with Crippen LogP contribution >= 0.6 is 11.6 Å². The normalized spacial score (nSPS) is 17.5. The molecular formula is C41H51ClN8O5S. The third kappa shape index (κ3) is 9.47. The summed E-state index contributed by atoms with van der Waals surface area (Å²) in [5.41, 5.74) is 5.70. The van der Waals surface area contributed by atoms with Crippen molar-refractivity contribution in [2.24, 2.45) is 0 Å². The van der Waals surface area contributed by atoms with Gasteiger partial charge in [-0.15, -0.1) is 10.2 Å². The van der Waals surface area contributed by atoms with Crippen molar-refractivity contribution in [2.45, 2.75) is 89.5 Å². The van der Waals surface area contributed by atoms with Crippen molar-refractivity contribution < 1.29 is 22.1 Å². The van der Waals surface area contributed by atoms with Gasteiger partial charge in [-0.3, -0.25) is 13.9 Å². The molecule has 2 aliphatic rings. The summed E-state index contributed by atoms with van der Waals surface area (Å²) in [7, 11) is -3.53. The summed E-state index contributed by atoms with van der Waals surface area (Å²) in [4.78, 5) is 16.1. The van der Waals surface area contributed by atoms with Gasteiger partial charge in [0.15, 0.2) is 5.65 Å². The van der Waals surface area contributed by atoms with Crippen LogP contribution in [0.5, 0.6) is 5.75 Å². The van der Waals surface area contributed by atoms with Gasteiger partial charge in [0.25, 0.3) is 10.1 Å². The van der Waals surface area contributed by atoms with E-state index < -0.39 is 10.1 Å². The molecule has 3 aromatic heterocycles. The van der Waals surface area contributed by atoms with Crippen molar-refractivity contribution in [1.29, 1.82) is 0 Å². The zero-order valence-corrected chi connectivity index (χ0v) is 34.1. The molecule has 2 amide bonds. The van der Waals surface area contributed by atoms with Crippen molar-refractivity contribution in [2.75, 3.05) is 42.8 Å². The van der Waals surface area contributed by atoms with Gasteiger partial charge in [0.05, 0.1) is 41.9 Å². The van der Waals surface area contributed by atoms with Gasteiger partial charge in [-0.2, -0.15) is 13.5 Å². The Kier molecular flexibility index (Phi) is 11.9. The van der Waals surface area contributed by atoms with Crippen LogP contribution in [0.4, 0.5) is 16.6 Å². The summed E-state index contributed by atoms with van der Waals surface area (Å²) < 4.78 is 37.1. The molecule has 0 unspecified atom stereocenters. The lowest BCUT2D eigenvalue weighted by Crippen LogP contribution is -2.35. The number of benzene rings is 2. The average molecular weight is 803 g/mol. The highest BCUT2D eigenvalue weighted by atomic mass is 35.5. The molecule has 15 heteroatoms. The van der Waals surface area contributed by atoms with Crippen LogP contribution in [0.3, 0.4) is 0 Å². The molecule has 56 heavy (non-hydrogen) atoms. The fourth-order valence-corrected chi connectivity index (χ4v) is 8.17. The van der Waals surface area contributed by atoms with Crippen LogP contribution < -0.4 is 20.3 Å². The predicted molar refractivity (Wildman–Crippen MR) is 219 cm³/mol. The van der Waals surface area contributed by atoms with Crippen molar-refractivity contribution in [1.82, 2.24) is 29.7 Å². The molecule has 0 spiro atoms. The minimum atomic E-state index is -3.53. The summed E-state index contributed by atoms with van der Waals surface area (Å²) in [6.07, 6.45) is 10.9. The maximum absolute atomic E-state index is 13.8. The maximum atomic E-state index is 13.8. The fraction of sp³-hybridized carbons (Fsp3) is 0.463. The quantitative estimate of drug-likeness (QED) is 0.0895. The number of hydrogen-bond donors (Lipinski definition) is 2. The van der Waals surface area contributed by atoms with E-state index in [1.165, 1.54) is 30.4 Å². The zero-order chi connectivity index (χ0) is 39.5. The third-order valence-electron chi connectivity index (χ3n) is 10.5. The van der Waals surface area contributed by atoms with Crippen molar-refractivity contribution in [3.8, 4) is 11.4 Å². The van der Waals surface area contributed by atoms with Crippen molar-refractivity contribution in [3.63, 3.8) is 0 Å². The number of carbonyl (C=O) groups is 1. The predicted octanol–water partition coefficient (Wildman–Crippen LogP) is 7.97. The van der Waals surface area contributed by atoms with E-state index in [1.54, 1.807) is 22.9 Å². The number of pyridine rings is 1. The Morgan fingerprint density at radius 2 is 1.75 bits per heavy atom. The zero-order valence-electron chi connectivity index (χ0n) is 32.5.